The van der Waals surface area contributed by atoms with Gasteiger partial charge in [-0.1, -0.05) is 12.8 Å². The van der Waals surface area contributed by atoms with Crippen LogP contribution in [0.15, 0.2) is 0 Å². The largest absolute Gasteiger partial charge is 0.480 e. The Morgan fingerprint density at radius 1 is 1.25 bits per heavy atom. The molecule has 0 unspecified atom stereocenters. The van der Waals surface area contributed by atoms with Crippen LogP contribution in [-0.2, 0) is 9.59 Å². The second-order valence-corrected chi connectivity index (χ2v) is 5.72. The summed E-state index contributed by atoms with van der Waals surface area (Å²) in [6.07, 6.45) is 4.06. The first kappa shape index (κ1) is 16.4. The van der Waals surface area contributed by atoms with Gasteiger partial charge >= 0.3 is 12.0 Å². The van der Waals surface area contributed by atoms with E-state index in [2.05, 4.69) is 10.6 Å². The van der Waals surface area contributed by atoms with Gasteiger partial charge in [-0.2, -0.15) is 0 Å². The highest BCUT2D eigenvalue weighted by Crippen LogP contribution is 2.17. The third-order valence-corrected chi connectivity index (χ3v) is 3.80. The lowest BCUT2D eigenvalue weighted by molar-refractivity contribution is -0.149. The van der Waals surface area contributed by atoms with E-state index in [9.17, 15) is 14.4 Å². The molecule has 1 fully saturated rings. The zero-order valence-corrected chi connectivity index (χ0v) is 12.2. The molecule has 3 amide bonds. The van der Waals surface area contributed by atoms with Gasteiger partial charge in [0.15, 0.2) is 0 Å². The maximum Gasteiger partial charge on any atom is 0.323 e. The molecule has 0 spiro atoms. The fourth-order valence-corrected chi connectivity index (χ4v) is 2.03. The molecule has 20 heavy (non-hydrogen) atoms. The Morgan fingerprint density at radius 2 is 1.80 bits per heavy atom. The van der Waals surface area contributed by atoms with Gasteiger partial charge < -0.3 is 10.4 Å². The molecule has 1 rings (SSSR count). The van der Waals surface area contributed by atoms with E-state index in [1.165, 1.54) is 25.8 Å². The van der Waals surface area contributed by atoms with Crippen LogP contribution in [0.2, 0.25) is 0 Å². The number of hydrogen-bond acceptors (Lipinski definition) is 4. The van der Waals surface area contributed by atoms with Gasteiger partial charge in [0.2, 0.25) is 5.91 Å². The van der Waals surface area contributed by atoms with E-state index < -0.39 is 23.4 Å². The van der Waals surface area contributed by atoms with Crippen LogP contribution in [0.25, 0.3) is 0 Å². The van der Waals surface area contributed by atoms with Crippen molar-refractivity contribution in [3.8, 4) is 0 Å². The number of carboxylic acid groups (broad SMARTS) is 1. The Morgan fingerprint density at radius 3 is 2.30 bits per heavy atom. The van der Waals surface area contributed by atoms with Crippen LogP contribution in [0.1, 0.15) is 39.5 Å². The summed E-state index contributed by atoms with van der Waals surface area (Å²) >= 11 is 0. The number of likely N-dealkylation sites (N-methyl/N-ethyl adjacent to an activating group) is 1. The number of imide groups is 1. The van der Waals surface area contributed by atoms with Crippen molar-refractivity contribution in [2.24, 2.45) is 0 Å². The van der Waals surface area contributed by atoms with Crippen molar-refractivity contribution >= 4 is 17.9 Å². The van der Waals surface area contributed by atoms with E-state index in [1.807, 2.05) is 0 Å². The van der Waals surface area contributed by atoms with Gasteiger partial charge in [-0.25, -0.2) is 4.79 Å². The Kier molecular flexibility index (Phi) is 5.50. The van der Waals surface area contributed by atoms with E-state index in [4.69, 9.17) is 5.11 Å². The highest BCUT2D eigenvalue weighted by Gasteiger charge is 2.33. The van der Waals surface area contributed by atoms with Crippen LogP contribution < -0.4 is 10.6 Å². The molecular formula is C13H23N3O4. The summed E-state index contributed by atoms with van der Waals surface area (Å²) in [5.74, 6) is -1.54. The lowest BCUT2D eigenvalue weighted by atomic mass is 10.0. The maximum atomic E-state index is 11.7. The number of carbonyl (C=O) groups is 3. The minimum atomic E-state index is -1.17. The van der Waals surface area contributed by atoms with Crippen molar-refractivity contribution in [3.05, 3.63) is 0 Å². The second-order valence-electron chi connectivity index (χ2n) is 5.72. The van der Waals surface area contributed by atoms with E-state index >= 15 is 0 Å². The number of amides is 3. The summed E-state index contributed by atoms with van der Waals surface area (Å²) in [5, 5.41) is 14.0. The number of nitrogens with zero attached hydrogens (tertiary/aromatic N) is 1. The molecule has 0 aromatic carbocycles. The highest BCUT2D eigenvalue weighted by atomic mass is 16.4. The minimum Gasteiger partial charge on any atom is -0.480 e. The van der Waals surface area contributed by atoms with Crippen LogP contribution >= 0.6 is 0 Å². The predicted octanol–water partition coefficient (Wildman–Crippen LogP) is 0.550. The number of carboxylic acids is 1. The smallest absolute Gasteiger partial charge is 0.323 e. The molecule has 0 aromatic heterocycles. The monoisotopic (exact) mass is 285 g/mol. The molecule has 0 aliphatic heterocycles. The molecular weight excluding hydrogens is 262 g/mol. The molecule has 0 heterocycles. The summed E-state index contributed by atoms with van der Waals surface area (Å²) in [5.41, 5.74) is -1.17. The van der Waals surface area contributed by atoms with Crippen molar-refractivity contribution in [2.75, 3.05) is 13.6 Å². The number of carbonyl (C=O) groups excluding carboxylic acids is 2. The quantitative estimate of drug-likeness (QED) is 0.685. The number of hydrogen-bond donors (Lipinski definition) is 3. The van der Waals surface area contributed by atoms with Crippen LogP contribution in [0.5, 0.6) is 0 Å². The van der Waals surface area contributed by atoms with Crippen LogP contribution in [0, 0.1) is 0 Å². The maximum absolute atomic E-state index is 11.7. The van der Waals surface area contributed by atoms with E-state index in [1.54, 1.807) is 0 Å². The molecule has 1 aliphatic rings. The van der Waals surface area contributed by atoms with Crippen molar-refractivity contribution < 1.29 is 19.5 Å². The van der Waals surface area contributed by atoms with Gasteiger partial charge in [0.1, 0.15) is 5.54 Å². The summed E-state index contributed by atoms with van der Waals surface area (Å²) in [7, 11) is 1.53. The summed E-state index contributed by atoms with van der Waals surface area (Å²) < 4.78 is 0. The number of rotatable bonds is 5. The van der Waals surface area contributed by atoms with Crippen LogP contribution in [0.3, 0.4) is 0 Å². The fourth-order valence-electron chi connectivity index (χ4n) is 2.03. The third-order valence-electron chi connectivity index (χ3n) is 3.80. The van der Waals surface area contributed by atoms with E-state index in [-0.39, 0.29) is 12.6 Å². The molecule has 0 saturated heterocycles. The minimum absolute atomic E-state index is 0.135. The second kappa shape index (κ2) is 6.69. The Bertz CT molecular complexity index is 389. The van der Waals surface area contributed by atoms with Crippen LogP contribution in [0.4, 0.5) is 4.79 Å². The summed E-state index contributed by atoms with van der Waals surface area (Å²) in [6.45, 7) is 2.85. The molecule has 0 atom stereocenters. The standard InChI is InChI=1S/C13H23N3O4/c1-13(2,11(18)19)16(3)8-10(17)15-12(20)14-9-6-4-5-7-9/h9H,4-8H2,1-3H3,(H,18,19)(H2,14,15,17,20). The zero-order valence-electron chi connectivity index (χ0n) is 12.2. The SMILES string of the molecule is CN(CC(=O)NC(=O)NC1CCCC1)C(C)(C)C(=O)O. The fraction of sp³-hybridized carbons (Fsp3) is 0.769. The molecule has 7 nitrogen and oxygen atoms in total. The lowest BCUT2D eigenvalue weighted by Crippen LogP contribution is -2.53. The molecule has 1 saturated carbocycles. The van der Waals surface area contributed by atoms with Gasteiger partial charge in [-0.05, 0) is 33.7 Å². The average Bonchev–Trinajstić information content (AvgIpc) is 2.80. The molecule has 3 N–H and O–H groups in total. The molecule has 0 aromatic rings. The number of urea groups is 1. The normalized spacial score (nSPS) is 16.2. The van der Waals surface area contributed by atoms with Gasteiger partial charge in [0.25, 0.3) is 0 Å². The zero-order chi connectivity index (χ0) is 15.3. The third kappa shape index (κ3) is 4.48. The molecule has 1 aliphatic carbocycles. The molecule has 7 heteroatoms. The highest BCUT2D eigenvalue weighted by molar-refractivity contribution is 5.95. The number of nitrogens with one attached hydrogen (secondary N) is 2. The van der Waals surface area contributed by atoms with Crippen molar-refractivity contribution in [1.29, 1.82) is 0 Å². The van der Waals surface area contributed by atoms with Gasteiger partial charge in [-0.3, -0.25) is 19.8 Å². The summed E-state index contributed by atoms with van der Waals surface area (Å²) in [6, 6.07) is -0.376. The molecule has 0 bridgehead atoms. The average molecular weight is 285 g/mol. The van der Waals surface area contributed by atoms with Crippen molar-refractivity contribution in [2.45, 2.75) is 51.1 Å². The van der Waals surface area contributed by atoms with Crippen molar-refractivity contribution in [3.63, 3.8) is 0 Å². The van der Waals surface area contributed by atoms with Gasteiger partial charge in [-0.15, -0.1) is 0 Å². The Hall–Kier alpha value is -1.63. The lowest BCUT2D eigenvalue weighted by Gasteiger charge is -2.30. The first-order chi connectivity index (χ1) is 9.23. The van der Waals surface area contributed by atoms with Gasteiger partial charge in [0.05, 0.1) is 6.54 Å². The topological polar surface area (TPSA) is 98.7 Å². The Labute approximate surface area is 118 Å². The van der Waals surface area contributed by atoms with Crippen LogP contribution in [-0.4, -0.2) is 53.1 Å². The van der Waals surface area contributed by atoms with Crippen molar-refractivity contribution in [1.82, 2.24) is 15.5 Å². The van der Waals surface area contributed by atoms with E-state index in [0.29, 0.717) is 0 Å². The van der Waals surface area contributed by atoms with Gasteiger partial charge in [0, 0.05) is 6.04 Å². The Balaban J connectivity index is 2.39. The first-order valence-corrected chi connectivity index (χ1v) is 6.78. The first-order valence-electron chi connectivity index (χ1n) is 6.78. The predicted molar refractivity (Wildman–Crippen MR) is 73.3 cm³/mol. The molecule has 114 valence electrons. The number of aliphatic carboxylic acids is 1. The van der Waals surface area contributed by atoms with E-state index in [0.717, 1.165) is 25.7 Å². The molecule has 0 radical (unpaired) electrons. The summed E-state index contributed by atoms with van der Waals surface area (Å²) in [4.78, 5) is 35.7.